The number of likely N-dealkylation sites (tertiary alicyclic amines) is 1. The molecule has 1 fully saturated rings. The van der Waals surface area contributed by atoms with Crippen molar-refractivity contribution < 1.29 is 19.1 Å². The quantitative estimate of drug-likeness (QED) is 0.745. The van der Waals surface area contributed by atoms with Gasteiger partial charge in [-0.1, -0.05) is 0 Å². The lowest BCUT2D eigenvalue weighted by Crippen LogP contribution is -2.49. The normalized spacial score (nSPS) is 20.1. The molecule has 0 aromatic heterocycles. The Bertz CT molecular complexity index is 652. The van der Waals surface area contributed by atoms with Crippen molar-refractivity contribution in [2.75, 3.05) is 45.2 Å². The van der Waals surface area contributed by atoms with E-state index in [4.69, 9.17) is 9.47 Å². The fourth-order valence-electron chi connectivity index (χ4n) is 3.21. The Morgan fingerprint density at radius 2 is 2.00 bits per heavy atom. The summed E-state index contributed by atoms with van der Waals surface area (Å²) in [5, 5.41) is 8.28. The summed E-state index contributed by atoms with van der Waals surface area (Å²) in [5.74, 6) is 0.945. The molecule has 1 unspecified atom stereocenters. The van der Waals surface area contributed by atoms with Crippen LogP contribution in [0, 0.1) is 0 Å². The number of carbonyl (C=O) groups excluding carboxylic acids is 2. The molecule has 0 saturated carbocycles. The molecule has 8 nitrogen and oxygen atoms in total. The Balaban J connectivity index is 1.49. The zero-order valence-corrected chi connectivity index (χ0v) is 15.0. The Labute approximate surface area is 153 Å². The summed E-state index contributed by atoms with van der Waals surface area (Å²) in [6.45, 7) is 3.08. The van der Waals surface area contributed by atoms with E-state index in [-0.39, 0.29) is 12.5 Å². The number of amides is 3. The van der Waals surface area contributed by atoms with Crippen LogP contribution in [0.1, 0.15) is 19.3 Å². The van der Waals surface area contributed by atoms with Gasteiger partial charge in [-0.05, 0) is 38.6 Å². The Hall–Kier alpha value is -2.32. The van der Waals surface area contributed by atoms with Crippen molar-refractivity contribution in [2.45, 2.75) is 25.3 Å². The van der Waals surface area contributed by atoms with Crippen molar-refractivity contribution in [1.82, 2.24) is 15.5 Å². The highest BCUT2D eigenvalue weighted by molar-refractivity contribution is 6.01. The third-order valence-corrected chi connectivity index (χ3v) is 4.54. The van der Waals surface area contributed by atoms with Crippen molar-refractivity contribution in [3.63, 3.8) is 0 Å². The predicted molar refractivity (Wildman–Crippen MR) is 97.7 cm³/mol. The van der Waals surface area contributed by atoms with Crippen LogP contribution in [-0.2, 0) is 4.79 Å². The molecule has 1 saturated heterocycles. The highest BCUT2D eigenvalue weighted by Gasteiger charge is 2.21. The number of hydrogen-bond donors (Lipinski definition) is 3. The molecule has 142 valence electrons. The molecule has 8 heteroatoms. The smallest absolute Gasteiger partial charge is 0.325 e. The van der Waals surface area contributed by atoms with Gasteiger partial charge in [0.1, 0.15) is 0 Å². The van der Waals surface area contributed by atoms with Gasteiger partial charge in [0.15, 0.2) is 11.5 Å². The van der Waals surface area contributed by atoms with E-state index in [9.17, 15) is 9.59 Å². The first-order chi connectivity index (χ1) is 12.6. The van der Waals surface area contributed by atoms with Gasteiger partial charge < -0.3 is 20.1 Å². The fraction of sp³-hybridized carbons (Fsp3) is 0.556. The molecule has 1 aromatic carbocycles. The minimum Gasteiger partial charge on any atom is -0.490 e. The minimum absolute atomic E-state index is 0.215. The van der Waals surface area contributed by atoms with Crippen molar-refractivity contribution in [3.05, 3.63) is 18.2 Å². The Morgan fingerprint density at radius 1 is 1.19 bits per heavy atom. The minimum atomic E-state index is -0.549. The summed E-state index contributed by atoms with van der Waals surface area (Å²) in [6.07, 6.45) is 2.97. The van der Waals surface area contributed by atoms with Crippen LogP contribution in [0.2, 0.25) is 0 Å². The van der Waals surface area contributed by atoms with Crippen molar-refractivity contribution >= 4 is 17.6 Å². The number of ether oxygens (including phenoxy) is 2. The van der Waals surface area contributed by atoms with Gasteiger partial charge in [0.25, 0.3) is 0 Å². The SMILES string of the molecule is CNC1CCCN(CC(=O)NC(=O)Nc2ccc3c(c2)OCCCO3)C1. The first-order valence-electron chi connectivity index (χ1n) is 9.04. The molecule has 2 heterocycles. The molecule has 3 rings (SSSR count). The van der Waals surface area contributed by atoms with Gasteiger partial charge in [0, 0.05) is 30.8 Å². The predicted octanol–water partition coefficient (Wildman–Crippen LogP) is 1.18. The molecule has 2 aliphatic heterocycles. The first-order valence-corrected chi connectivity index (χ1v) is 9.04. The first kappa shape index (κ1) is 18.5. The lowest BCUT2D eigenvalue weighted by atomic mass is 10.1. The molecule has 3 amide bonds. The molecule has 1 atom stereocenters. The highest BCUT2D eigenvalue weighted by atomic mass is 16.5. The maximum absolute atomic E-state index is 12.1. The summed E-state index contributed by atoms with van der Waals surface area (Å²) >= 11 is 0. The summed E-state index contributed by atoms with van der Waals surface area (Å²) in [7, 11) is 1.93. The van der Waals surface area contributed by atoms with Crippen LogP contribution in [-0.4, -0.2) is 62.8 Å². The Kier molecular flexibility index (Phi) is 6.30. The molecule has 0 bridgehead atoms. The molecule has 3 N–H and O–H groups in total. The van der Waals surface area contributed by atoms with Crippen LogP contribution in [0.15, 0.2) is 18.2 Å². The number of nitrogens with zero attached hydrogens (tertiary/aromatic N) is 1. The van der Waals surface area contributed by atoms with Crippen molar-refractivity contribution in [1.29, 1.82) is 0 Å². The maximum atomic E-state index is 12.1. The molecule has 0 aliphatic carbocycles. The number of rotatable bonds is 4. The maximum Gasteiger partial charge on any atom is 0.325 e. The number of carbonyl (C=O) groups is 2. The summed E-state index contributed by atoms with van der Waals surface area (Å²) < 4.78 is 11.2. The van der Waals surface area contributed by atoms with Gasteiger partial charge in [-0.25, -0.2) is 4.79 Å². The van der Waals surface area contributed by atoms with Gasteiger partial charge in [-0.3, -0.25) is 15.0 Å². The number of urea groups is 1. The Morgan fingerprint density at radius 3 is 2.81 bits per heavy atom. The number of nitrogens with one attached hydrogen (secondary N) is 3. The van der Waals surface area contributed by atoms with E-state index in [1.54, 1.807) is 18.2 Å². The van der Waals surface area contributed by atoms with E-state index >= 15 is 0 Å². The number of anilines is 1. The monoisotopic (exact) mass is 362 g/mol. The van der Waals surface area contributed by atoms with E-state index in [0.717, 1.165) is 32.4 Å². The highest BCUT2D eigenvalue weighted by Crippen LogP contribution is 2.32. The summed E-state index contributed by atoms with van der Waals surface area (Å²) in [5.41, 5.74) is 0.549. The lowest BCUT2D eigenvalue weighted by Gasteiger charge is -2.31. The second-order valence-electron chi connectivity index (χ2n) is 6.58. The van der Waals surface area contributed by atoms with Gasteiger partial charge in [-0.2, -0.15) is 0 Å². The van der Waals surface area contributed by atoms with E-state index in [1.165, 1.54) is 0 Å². The fourth-order valence-corrected chi connectivity index (χ4v) is 3.21. The van der Waals surface area contributed by atoms with E-state index in [0.29, 0.717) is 36.4 Å². The van der Waals surface area contributed by atoms with E-state index in [1.807, 2.05) is 7.05 Å². The van der Waals surface area contributed by atoms with Crippen LogP contribution in [0.5, 0.6) is 11.5 Å². The molecule has 0 spiro atoms. The topological polar surface area (TPSA) is 91.9 Å². The molecule has 1 aromatic rings. The molecule has 2 aliphatic rings. The summed E-state index contributed by atoms with van der Waals surface area (Å²) in [6, 6.07) is 5.02. The second-order valence-corrected chi connectivity index (χ2v) is 6.58. The third kappa shape index (κ3) is 5.09. The number of fused-ring (bicyclic) bond motifs is 1. The average molecular weight is 362 g/mol. The number of imide groups is 1. The van der Waals surface area contributed by atoms with Gasteiger partial charge >= 0.3 is 6.03 Å². The van der Waals surface area contributed by atoms with Crippen LogP contribution in [0.3, 0.4) is 0 Å². The molecule has 26 heavy (non-hydrogen) atoms. The third-order valence-electron chi connectivity index (χ3n) is 4.54. The number of piperidine rings is 1. The van der Waals surface area contributed by atoms with Gasteiger partial charge in [-0.15, -0.1) is 0 Å². The largest absolute Gasteiger partial charge is 0.490 e. The molecular formula is C18H26N4O4. The number of likely N-dealkylation sites (N-methyl/N-ethyl adjacent to an activating group) is 1. The lowest BCUT2D eigenvalue weighted by molar-refractivity contribution is -0.121. The van der Waals surface area contributed by atoms with Gasteiger partial charge in [0.2, 0.25) is 5.91 Å². The standard InChI is InChI=1S/C18H26N4O4/c1-19-14-4-2-7-22(11-14)12-17(23)21-18(24)20-13-5-6-15-16(10-13)26-9-3-8-25-15/h5-6,10,14,19H,2-4,7-9,11-12H2,1H3,(H2,20,21,23,24). The van der Waals surface area contributed by atoms with E-state index in [2.05, 4.69) is 20.9 Å². The van der Waals surface area contributed by atoms with Crippen molar-refractivity contribution in [3.8, 4) is 11.5 Å². The second kappa shape index (κ2) is 8.86. The van der Waals surface area contributed by atoms with Crippen LogP contribution in [0.4, 0.5) is 10.5 Å². The number of benzene rings is 1. The zero-order valence-electron chi connectivity index (χ0n) is 15.0. The summed E-state index contributed by atoms with van der Waals surface area (Å²) in [4.78, 5) is 26.2. The zero-order chi connectivity index (χ0) is 18.4. The average Bonchev–Trinajstić information content (AvgIpc) is 2.86. The molecule has 0 radical (unpaired) electrons. The van der Waals surface area contributed by atoms with Crippen LogP contribution >= 0.6 is 0 Å². The van der Waals surface area contributed by atoms with Crippen LogP contribution in [0.25, 0.3) is 0 Å². The van der Waals surface area contributed by atoms with Crippen molar-refractivity contribution in [2.24, 2.45) is 0 Å². The van der Waals surface area contributed by atoms with Gasteiger partial charge in [0.05, 0.1) is 19.8 Å². The van der Waals surface area contributed by atoms with E-state index < -0.39 is 6.03 Å². The van der Waals surface area contributed by atoms with Crippen LogP contribution < -0.4 is 25.4 Å². The number of hydrogen-bond acceptors (Lipinski definition) is 6. The molecular weight excluding hydrogens is 336 g/mol.